The zero-order valence-corrected chi connectivity index (χ0v) is 12.4. The van der Waals surface area contributed by atoms with Crippen molar-refractivity contribution < 1.29 is 24.2 Å². The van der Waals surface area contributed by atoms with Crippen molar-refractivity contribution in [2.24, 2.45) is 0 Å². The Morgan fingerprint density at radius 2 is 1.85 bits per heavy atom. The lowest BCUT2D eigenvalue weighted by Gasteiger charge is -2.37. The number of rotatable bonds is 4. The van der Waals surface area contributed by atoms with E-state index in [4.69, 9.17) is 9.84 Å². The number of carbonyl (C=O) groups is 3. The second-order valence-electron chi connectivity index (χ2n) is 5.88. The fourth-order valence-electron chi connectivity index (χ4n) is 1.76. The van der Waals surface area contributed by atoms with Crippen molar-refractivity contribution in [1.29, 1.82) is 0 Å². The Morgan fingerprint density at radius 3 is 2.20 bits per heavy atom. The number of hydrogen-bond donors (Lipinski definition) is 1. The Balaban J connectivity index is 2.78. The second kappa shape index (κ2) is 6.11. The standard InChI is InChI=1S/C13H22N2O5/c1-13(2,3)20-12(19)14(4)9(8-10(16)17)11(18)15-6-5-7-15/h9H,5-8H2,1-4H3,(H,16,17). The van der Waals surface area contributed by atoms with E-state index < -0.39 is 30.1 Å². The maximum absolute atomic E-state index is 12.2. The van der Waals surface area contributed by atoms with Crippen molar-refractivity contribution in [3.63, 3.8) is 0 Å². The van der Waals surface area contributed by atoms with E-state index in [1.54, 1.807) is 25.7 Å². The molecule has 1 saturated heterocycles. The van der Waals surface area contributed by atoms with E-state index in [-0.39, 0.29) is 5.91 Å². The van der Waals surface area contributed by atoms with Gasteiger partial charge in [0.15, 0.2) is 0 Å². The summed E-state index contributed by atoms with van der Waals surface area (Å²) >= 11 is 0. The predicted octanol–water partition coefficient (Wildman–Crippen LogP) is 0.929. The molecule has 0 radical (unpaired) electrons. The lowest BCUT2D eigenvalue weighted by molar-refractivity contribution is -0.147. The van der Waals surface area contributed by atoms with Gasteiger partial charge in [0.05, 0.1) is 6.42 Å². The normalized spacial score (nSPS) is 16.1. The average Bonchev–Trinajstić information content (AvgIpc) is 2.19. The molecule has 0 bridgehead atoms. The molecular formula is C13H22N2O5. The summed E-state index contributed by atoms with van der Waals surface area (Å²) in [7, 11) is 1.39. The molecule has 1 aliphatic rings. The monoisotopic (exact) mass is 286 g/mol. The van der Waals surface area contributed by atoms with Gasteiger partial charge in [-0.1, -0.05) is 0 Å². The van der Waals surface area contributed by atoms with Gasteiger partial charge in [-0.15, -0.1) is 0 Å². The SMILES string of the molecule is CN(C(=O)OC(C)(C)C)C(CC(=O)O)C(=O)N1CCC1. The van der Waals surface area contributed by atoms with Gasteiger partial charge >= 0.3 is 12.1 Å². The maximum Gasteiger partial charge on any atom is 0.410 e. The van der Waals surface area contributed by atoms with Crippen molar-refractivity contribution in [3.8, 4) is 0 Å². The van der Waals surface area contributed by atoms with Crippen LogP contribution in [0.4, 0.5) is 4.79 Å². The van der Waals surface area contributed by atoms with E-state index in [1.165, 1.54) is 7.05 Å². The summed E-state index contributed by atoms with van der Waals surface area (Å²) in [6.07, 6.45) is -0.218. The van der Waals surface area contributed by atoms with Gasteiger partial charge in [0.25, 0.3) is 0 Å². The summed E-state index contributed by atoms with van der Waals surface area (Å²) in [4.78, 5) is 37.7. The molecule has 0 aromatic rings. The molecule has 0 aromatic heterocycles. The molecule has 1 rings (SSSR count). The van der Waals surface area contributed by atoms with Crippen molar-refractivity contribution >= 4 is 18.0 Å². The number of nitrogens with zero attached hydrogens (tertiary/aromatic N) is 2. The highest BCUT2D eigenvalue weighted by Crippen LogP contribution is 2.16. The van der Waals surface area contributed by atoms with E-state index in [1.807, 2.05) is 0 Å². The summed E-state index contributed by atoms with van der Waals surface area (Å²) in [5.74, 6) is -1.47. The molecule has 0 saturated carbocycles. The van der Waals surface area contributed by atoms with Gasteiger partial charge in [-0.25, -0.2) is 4.79 Å². The predicted molar refractivity (Wildman–Crippen MR) is 71.2 cm³/mol. The van der Waals surface area contributed by atoms with Gasteiger partial charge in [-0.2, -0.15) is 0 Å². The van der Waals surface area contributed by atoms with Crippen LogP contribution >= 0.6 is 0 Å². The first-order chi connectivity index (χ1) is 9.11. The summed E-state index contributed by atoms with van der Waals surface area (Å²) in [5.41, 5.74) is -0.696. The fraction of sp³-hybridized carbons (Fsp3) is 0.769. The van der Waals surface area contributed by atoms with Crippen LogP contribution < -0.4 is 0 Å². The number of ether oxygens (including phenoxy) is 1. The third kappa shape index (κ3) is 4.40. The number of carboxylic acid groups (broad SMARTS) is 1. The molecule has 2 amide bonds. The Kier molecular flexibility index (Phi) is 4.97. The first kappa shape index (κ1) is 16.3. The van der Waals surface area contributed by atoms with Gasteiger partial charge < -0.3 is 14.7 Å². The number of aliphatic carboxylic acids is 1. The van der Waals surface area contributed by atoms with Gasteiger partial charge in [0.1, 0.15) is 11.6 Å². The Morgan fingerprint density at radius 1 is 1.30 bits per heavy atom. The zero-order valence-electron chi connectivity index (χ0n) is 12.4. The quantitative estimate of drug-likeness (QED) is 0.830. The van der Waals surface area contributed by atoms with E-state index in [2.05, 4.69) is 0 Å². The molecule has 20 heavy (non-hydrogen) atoms. The molecular weight excluding hydrogens is 264 g/mol. The molecule has 1 N–H and O–H groups in total. The minimum Gasteiger partial charge on any atom is -0.481 e. The number of likely N-dealkylation sites (tertiary alicyclic amines) is 1. The van der Waals surface area contributed by atoms with Crippen LogP contribution in [0.5, 0.6) is 0 Å². The Labute approximate surface area is 118 Å². The first-order valence-electron chi connectivity index (χ1n) is 6.58. The third-order valence-electron chi connectivity index (χ3n) is 2.97. The second-order valence-corrected chi connectivity index (χ2v) is 5.88. The van der Waals surface area contributed by atoms with E-state index >= 15 is 0 Å². The molecule has 1 aliphatic heterocycles. The van der Waals surface area contributed by atoms with Crippen molar-refractivity contribution in [2.75, 3.05) is 20.1 Å². The molecule has 1 fully saturated rings. The summed E-state index contributed by atoms with van der Waals surface area (Å²) < 4.78 is 5.17. The summed E-state index contributed by atoms with van der Waals surface area (Å²) in [6.45, 7) is 6.35. The zero-order chi connectivity index (χ0) is 15.5. The average molecular weight is 286 g/mol. The molecule has 1 heterocycles. The molecule has 0 aliphatic carbocycles. The summed E-state index contributed by atoms with van der Waals surface area (Å²) in [5, 5.41) is 8.92. The van der Waals surface area contributed by atoms with Crippen LogP contribution in [0.25, 0.3) is 0 Å². The van der Waals surface area contributed by atoms with Crippen LogP contribution in [0.15, 0.2) is 0 Å². The lowest BCUT2D eigenvalue weighted by Crippen LogP contribution is -2.54. The van der Waals surface area contributed by atoms with Crippen LogP contribution in [-0.4, -0.2) is 64.7 Å². The van der Waals surface area contributed by atoms with Gasteiger partial charge in [0.2, 0.25) is 5.91 Å². The topological polar surface area (TPSA) is 87.1 Å². The third-order valence-corrected chi connectivity index (χ3v) is 2.97. The highest BCUT2D eigenvalue weighted by atomic mass is 16.6. The van der Waals surface area contributed by atoms with E-state index in [0.717, 1.165) is 11.3 Å². The first-order valence-corrected chi connectivity index (χ1v) is 6.58. The molecule has 7 heteroatoms. The number of amides is 2. The van der Waals surface area contributed by atoms with Crippen LogP contribution in [0.3, 0.4) is 0 Å². The number of hydrogen-bond acceptors (Lipinski definition) is 4. The van der Waals surface area contributed by atoms with Gasteiger partial charge in [-0.05, 0) is 27.2 Å². The lowest BCUT2D eigenvalue weighted by atomic mass is 10.1. The fourth-order valence-corrected chi connectivity index (χ4v) is 1.76. The minimum absolute atomic E-state index is 0.341. The number of carboxylic acids is 1. The van der Waals surface area contributed by atoms with Crippen LogP contribution in [0.1, 0.15) is 33.6 Å². The van der Waals surface area contributed by atoms with Crippen molar-refractivity contribution in [1.82, 2.24) is 9.80 Å². The van der Waals surface area contributed by atoms with E-state index in [9.17, 15) is 14.4 Å². The largest absolute Gasteiger partial charge is 0.481 e. The molecule has 1 unspecified atom stereocenters. The maximum atomic E-state index is 12.2. The Hall–Kier alpha value is -1.79. The van der Waals surface area contributed by atoms with Gasteiger partial charge in [-0.3, -0.25) is 14.5 Å². The van der Waals surface area contributed by atoms with Crippen LogP contribution in [0, 0.1) is 0 Å². The molecule has 114 valence electrons. The van der Waals surface area contributed by atoms with E-state index in [0.29, 0.717) is 13.1 Å². The van der Waals surface area contributed by atoms with Crippen LogP contribution in [-0.2, 0) is 14.3 Å². The summed E-state index contributed by atoms with van der Waals surface area (Å²) in [6, 6.07) is -1.03. The van der Waals surface area contributed by atoms with Crippen LogP contribution in [0.2, 0.25) is 0 Å². The Bertz CT molecular complexity index is 398. The highest BCUT2D eigenvalue weighted by molar-refractivity contribution is 5.89. The minimum atomic E-state index is -1.13. The van der Waals surface area contributed by atoms with Crippen molar-refractivity contribution in [3.05, 3.63) is 0 Å². The highest BCUT2D eigenvalue weighted by Gasteiger charge is 2.36. The molecule has 1 atom stereocenters. The van der Waals surface area contributed by atoms with Crippen molar-refractivity contribution in [2.45, 2.75) is 45.3 Å². The smallest absolute Gasteiger partial charge is 0.410 e. The van der Waals surface area contributed by atoms with Gasteiger partial charge in [0, 0.05) is 20.1 Å². The molecule has 0 spiro atoms. The number of carbonyl (C=O) groups excluding carboxylic acids is 2. The molecule has 0 aromatic carbocycles. The number of likely N-dealkylation sites (N-methyl/N-ethyl adjacent to an activating group) is 1. The molecule has 7 nitrogen and oxygen atoms in total.